The predicted octanol–water partition coefficient (Wildman–Crippen LogP) is 5.02. The summed E-state index contributed by atoms with van der Waals surface area (Å²) in [5, 5.41) is 12.3. The molecule has 6 nitrogen and oxygen atoms in total. The van der Waals surface area contributed by atoms with E-state index in [0.29, 0.717) is 16.5 Å². The Morgan fingerprint density at radius 3 is 2.36 bits per heavy atom. The van der Waals surface area contributed by atoms with Crippen molar-refractivity contribution in [1.29, 1.82) is 0 Å². The molecule has 1 aromatic heterocycles. The molecule has 5 rings (SSSR count). The van der Waals surface area contributed by atoms with Gasteiger partial charge in [0.1, 0.15) is 12.2 Å². The predicted molar refractivity (Wildman–Crippen MR) is 123 cm³/mol. The van der Waals surface area contributed by atoms with E-state index in [2.05, 4.69) is 41.4 Å². The number of ether oxygens (including phenoxy) is 1. The minimum Gasteiger partial charge on any atom is -0.475 e. The average molecular weight is 437 g/mol. The van der Waals surface area contributed by atoms with Gasteiger partial charge in [-0.15, -0.1) is 0 Å². The molecule has 1 aliphatic rings. The van der Waals surface area contributed by atoms with E-state index >= 15 is 0 Å². The number of furan rings is 1. The third-order valence-corrected chi connectivity index (χ3v) is 5.62. The molecule has 33 heavy (non-hydrogen) atoms. The zero-order valence-corrected chi connectivity index (χ0v) is 17.5. The standard InChI is InChI=1S/C27H19NO5/c29-26(30)25-15-18-14-17(11-12-24(18)33-25)6-5-13-28-27(31)32-16-23-21-9-3-1-7-19(21)20-8-2-4-10-22(20)23/h1-4,7-12,14-15,23H,13,16H2,(H,28,31)(H,29,30). The van der Waals surface area contributed by atoms with E-state index in [4.69, 9.17) is 14.3 Å². The summed E-state index contributed by atoms with van der Waals surface area (Å²) in [7, 11) is 0. The zero-order chi connectivity index (χ0) is 22.8. The molecule has 0 saturated carbocycles. The topological polar surface area (TPSA) is 88.8 Å². The Balaban J connectivity index is 1.18. The van der Waals surface area contributed by atoms with E-state index < -0.39 is 12.1 Å². The Hall–Kier alpha value is -4.50. The average Bonchev–Trinajstić information content (AvgIpc) is 3.40. The lowest BCUT2D eigenvalue weighted by atomic mass is 9.98. The summed E-state index contributed by atoms with van der Waals surface area (Å²) in [6.45, 7) is 0.372. The second kappa shape index (κ2) is 8.56. The summed E-state index contributed by atoms with van der Waals surface area (Å²) >= 11 is 0. The van der Waals surface area contributed by atoms with Gasteiger partial charge in [-0.1, -0.05) is 60.4 Å². The van der Waals surface area contributed by atoms with Gasteiger partial charge in [0, 0.05) is 16.9 Å². The van der Waals surface area contributed by atoms with Crippen LogP contribution in [0.3, 0.4) is 0 Å². The summed E-state index contributed by atoms with van der Waals surface area (Å²) in [5.41, 5.74) is 5.85. The van der Waals surface area contributed by atoms with Gasteiger partial charge in [-0.3, -0.25) is 0 Å². The van der Waals surface area contributed by atoms with Crippen molar-refractivity contribution >= 4 is 23.0 Å². The molecular weight excluding hydrogens is 418 g/mol. The Morgan fingerprint density at radius 2 is 1.67 bits per heavy atom. The molecule has 2 N–H and O–H groups in total. The molecule has 0 saturated heterocycles. The highest BCUT2D eigenvalue weighted by Gasteiger charge is 2.28. The van der Waals surface area contributed by atoms with Crippen molar-refractivity contribution in [3.63, 3.8) is 0 Å². The molecule has 0 spiro atoms. The van der Waals surface area contributed by atoms with Gasteiger partial charge in [0.15, 0.2) is 0 Å². The van der Waals surface area contributed by atoms with Crippen molar-refractivity contribution in [2.75, 3.05) is 13.2 Å². The van der Waals surface area contributed by atoms with Crippen molar-refractivity contribution in [1.82, 2.24) is 5.32 Å². The summed E-state index contributed by atoms with van der Waals surface area (Å²) in [6, 6.07) is 22.9. The summed E-state index contributed by atoms with van der Waals surface area (Å²) in [6.07, 6.45) is -0.525. The van der Waals surface area contributed by atoms with E-state index in [1.165, 1.54) is 17.2 Å². The monoisotopic (exact) mass is 437 g/mol. The maximum Gasteiger partial charge on any atom is 0.407 e. The number of carbonyl (C=O) groups is 2. The van der Waals surface area contributed by atoms with Gasteiger partial charge in [-0.25, -0.2) is 9.59 Å². The molecule has 4 aromatic rings. The van der Waals surface area contributed by atoms with E-state index in [1.807, 2.05) is 24.3 Å². The van der Waals surface area contributed by atoms with Crippen LogP contribution >= 0.6 is 0 Å². The van der Waals surface area contributed by atoms with E-state index in [-0.39, 0.29) is 24.8 Å². The summed E-state index contributed by atoms with van der Waals surface area (Å²) < 4.78 is 10.7. The van der Waals surface area contributed by atoms with Gasteiger partial charge in [-0.05, 0) is 46.5 Å². The number of alkyl carbamates (subject to hydrolysis) is 1. The highest BCUT2D eigenvalue weighted by atomic mass is 16.5. The fraction of sp³-hybridized carbons (Fsp3) is 0.111. The van der Waals surface area contributed by atoms with Crippen molar-refractivity contribution in [2.45, 2.75) is 5.92 Å². The number of carbonyl (C=O) groups excluding carboxylic acids is 1. The van der Waals surface area contributed by atoms with E-state index in [1.54, 1.807) is 18.2 Å². The largest absolute Gasteiger partial charge is 0.475 e. The zero-order valence-electron chi connectivity index (χ0n) is 17.5. The smallest absolute Gasteiger partial charge is 0.407 e. The lowest BCUT2D eigenvalue weighted by Crippen LogP contribution is -2.26. The van der Waals surface area contributed by atoms with Crippen molar-refractivity contribution in [3.05, 3.63) is 95.2 Å². The summed E-state index contributed by atoms with van der Waals surface area (Å²) in [5.74, 6) is 4.59. The number of carboxylic acid groups (broad SMARTS) is 1. The molecular formula is C27H19NO5. The molecule has 0 atom stereocenters. The molecule has 6 heteroatoms. The van der Waals surface area contributed by atoms with Gasteiger partial charge in [0.05, 0.1) is 6.54 Å². The first kappa shape index (κ1) is 20.4. The molecule has 0 bridgehead atoms. The number of carboxylic acids is 1. The number of fused-ring (bicyclic) bond motifs is 4. The first-order valence-electron chi connectivity index (χ1n) is 10.4. The lowest BCUT2D eigenvalue weighted by molar-refractivity contribution is 0.0665. The van der Waals surface area contributed by atoms with Crippen molar-refractivity contribution in [3.8, 4) is 23.0 Å². The molecule has 0 aliphatic heterocycles. The van der Waals surface area contributed by atoms with Crippen LogP contribution in [0.15, 0.2) is 77.2 Å². The Labute approximate surface area is 189 Å². The van der Waals surface area contributed by atoms with E-state index in [9.17, 15) is 9.59 Å². The number of hydrogen-bond donors (Lipinski definition) is 2. The molecule has 162 valence electrons. The second-order valence-electron chi connectivity index (χ2n) is 7.65. The molecule has 1 heterocycles. The molecule has 3 aromatic carbocycles. The number of benzene rings is 3. The van der Waals surface area contributed by atoms with Gasteiger partial charge < -0.3 is 19.6 Å². The molecule has 0 radical (unpaired) electrons. The quantitative estimate of drug-likeness (QED) is 0.438. The first-order chi connectivity index (χ1) is 16.1. The Morgan fingerprint density at radius 1 is 0.970 bits per heavy atom. The van der Waals surface area contributed by atoms with Crippen molar-refractivity contribution < 1.29 is 23.8 Å². The molecule has 1 amide bonds. The number of rotatable bonds is 4. The third kappa shape index (κ3) is 4.04. The third-order valence-electron chi connectivity index (χ3n) is 5.62. The van der Waals surface area contributed by atoms with Crippen LogP contribution in [0.5, 0.6) is 0 Å². The first-order valence-corrected chi connectivity index (χ1v) is 10.4. The molecule has 1 aliphatic carbocycles. The highest BCUT2D eigenvalue weighted by molar-refractivity contribution is 5.91. The lowest BCUT2D eigenvalue weighted by Gasteiger charge is -2.14. The maximum absolute atomic E-state index is 12.2. The van der Waals surface area contributed by atoms with Crippen LogP contribution in [0.25, 0.3) is 22.1 Å². The fourth-order valence-corrected chi connectivity index (χ4v) is 4.14. The van der Waals surface area contributed by atoms with Gasteiger partial charge in [-0.2, -0.15) is 0 Å². The second-order valence-corrected chi connectivity index (χ2v) is 7.65. The van der Waals surface area contributed by atoms with Crippen molar-refractivity contribution in [2.24, 2.45) is 0 Å². The highest BCUT2D eigenvalue weighted by Crippen LogP contribution is 2.44. The number of amides is 1. The molecule has 0 unspecified atom stereocenters. The molecule has 0 fully saturated rings. The number of hydrogen-bond acceptors (Lipinski definition) is 4. The Bertz CT molecular complexity index is 1390. The van der Waals surface area contributed by atoms with Crippen LogP contribution in [-0.4, -0.2) is 30.3 Å². The minimum atomic E-state index is -1.12. The van der Waals surface area contributed by atoms with E-state index in [0.717, 1.165) is 11.1 Å². The minimum absolute atomic E-state index is 0.00613. The van der Waals surface area contributed by atoms with Crippen LogP contribution in [0, 0.1) is 11.8 Å². The SMILES string of the molecule is O=C(NCC#Cc1ccc2oc(C(=O)O)cc2c1)OCC1c2ccccc2-c2ccccc21. The van der Waals surface area contributed by atoms with Crippen LogP contribution < -0.4 is 5.32 Å². The number of nitrogens with one attached hydrogen (secondary N) is 1. The van der Waals surface area contributed by atoms with Gasteiger partial charge in [0.2, 0.25) is 5.76 Å². The van der Waals surface area contributed by atoms with Gasteiger partial charge >= 0.3 is 12.1 Å². The Kier molecular flexibility index (Phi) is 5.29. The summed E-state index contributed by atoms with van der Waals surface area (Å²) in [4.78, 5) is 23.2. The van der Waals surface area contributed by atoms with Crippen LogP contribution in [-0.2, 0) is 4.74 Å². The fourth-order valence-electron chi connectivity index (χ4n) is 4.14. The van der Waals surface area contributed by atoms with Gasteiger partial charge in [0.25, 0.3) is 0 Å². The van der Waals surface area contributed by atoms with Crippen LogP contribution in [0.1, 0.15) is 33.2 Å². The number of aromatic carboxylic acids is 1. The van der Waals surface area contributed by atoms with Crippen LogP contribution in [0.2, 0.25) is 0 Å². The van der Waals surface area contributed by atoms with Crippen LogP contribution in [0.4, 0.5) is 4.79 Å². The maximum atomic E-state index is 12.2. The normalized spacial score (nSPS) is 11.9.